The van der Waals surface area contributed by atoms with E-state index in [1.54, 1.807) is 0 Å². The van der Waals surface area contributed by atoms with Crippen LogP contribution in [0.2, 0.25) is 0 Å². The average molecular weight is 282 g/mol. The lowest BCUT2D eigenvalue weighted by Gasteiger charge is -2.04. The van der Waals surface area contributed by atoms with Gasteiger partial charge >= 0.3 is 0 Å². The van der Waals surface area contributed by atoms with Gasteiger partial charge in [-0.3, -0.25) is 4.68 Å². The number of benzene rings is 1. The van der Waals surface area contributed by atoms with Crippen LogP contribution in [-0.4, -0.2) is 25.2 Å². The molecule has 108 valence electrons. The van der Waals surface area contributed by atoms with Crippen molar-refractivity contribution < 1.29 is 0 Å². The zero-order valence-corrected chi connectivity index (χ0v) is 12.2. The maximum atomic E-state index is 4.42. The highest BCUT2D eigenvalue weighted by Crippen LogP contribution is 2.21. The van der Waals surface area contributed by atoms with Crippen molar-refractivity contribution in [1.82, 2.24) is 25.2 Å². The third kappa shape index (κ3) is 2.79. The van der Waals surface area contributed by atoms with Crippen LogP contribution >= 0.6 is 0 Å². The second-order valence-corrected chi connectivity index (χ2v) is 4.86. The van der Waals surface area contributed by atoms with Crippen LogP contribution in [0.1, 0.15) is 18.3 Å². The van der Waals surface area contributed by atoms with E-state index in [9.17, 15) is 0 Å². The SMILES string of the molecule is CCc1nn(C)cc1NCc1n[nH]nc1-c1ccccc1. The minimum atomic E-state index is 0.611. The van der Waals surface area contributed by atoms with E-state index in [0.717, 1.165) is 34.8 Å². The molecule has 0 aliphatic heterocycles. The van der Waals surface area contributed by atoms with E-state index in [2.05, 4.69) is 32.7 Å². The summed E-state index contributed by atoms with van der Waals surface area (Å²) in [5.74, 6) is 0. The zero-order valence-electron chi connectivity index (χ0n) is 12.2. The van der Waals surface area contributed by atoms with Crippen molar-refractivity contribution in [2.75, 3.05) is 5.32 Å². The largest absolute Gasteiger partial charge is 0.376 e. The summed E-state index contributed by atoms with van der Waals surface area (Å²) in [5, 5.41) is 19.0. The Hall–Kier alpha value is -2.63. The van der Waals surface area contributed by atoms with Gasteiger partial charge in [0.15, 0.2) is 0 Å². The molecule has 0 saturated carbocycles. The van der Waals surface area contributed by atoms with Crippen molar-refractivity contribution in [3.05, 3.63) is 47.9 Å². The Morgan fingerprint density at radius 3 is 2.71 bits per heavy atom. The molecular formula is C15H18N6. The van der Waals surface area contributed by atoms with Gasteiger partial charge in [-0.05, 0) is 6.42 Å². The van der Waals surface area contributed by atoms with Crippen LogP contribution in [0.5, 0.6) is 0 Å². The molecule has 0 atom stereocenters. The number of nitrogens with zero attached hydrogens (tertiary/aromatic N) is 4. The van der Waals surface area contributed by atoms with Gasteiger partial charge in [0.2, 0.25) is 0 Å². The van der Waals surface area contributed by atoms with Crippen LogP contribution in [0.15, 0.2) is 36.5 Å². The standard InChI is InChI=1S/C15H18N6/c1-3-12-14(10-21(2)19-12)16-9-13-15(18-20-17-13)11-7-5-4-6-8-11/h4-8,10,16H,3,9H2,1-2H3,(H,17,18,20). The molecule has 0 aliphatic rings. The molecule has 2 N–H and O–H groups in total. The van der Waals surface area contributed by atoms with E-state index < -0.39 is 0 Å². The Bertz CT molecular complexity index is 713. The van der Waals surface area contributed by atoms with Crippen molar-refractivity contribution >= 4 is 5.69 Å². The predicted octanol–water partition coefficient (Wildman–Crippen LogP) is 2.38. The van der Waals surface area contributed by atoms with Crippen molar-refractivity contribution in [2.45, 2.75) is 19.9 Å². The van der Waals surface area contributed by atoms with Gasteiger partial charge in [-0.2, -0.15) is 20.5 Å². The summed E-state index contributed by atoms with van der Waals surface area (Å²) in [6.07, 6.45) is 2.88. The van der Waals surface area contributed by atoms with Gasteiger partial charge in [0.25, 0.3) is 0 Å². The Labute approximate surface area is 123 Å². The minimum Gasteiger partial charge on any atom is -0.376 e. The number of nitrogens with one attached hydrogen (secondary N) is 2. The first-order valence-electron chi connectivity index (χ1n) is 6.99. The smallest absolute Gasteiger partial charge is 0.117 e. The molecule has 1 aromatic carbocycles. The molecule has 0 fully saturated rings. The Balaban J connectivity index is 1.79. The molecule has 2 heterocycles. The van der Waals surface area contributed by atoms with Crippen molar-refractivity contribution in [1.29, 1.82) is 0 Å². The number of aromatic amines is 1. The quantitative estimate of drug-likeness (QED) is 0.753. The van der Waals surface area contributed by atoms with Crippen molar-refractivity contribution in [3.63, 3.8) is 0 Å². The van der Waals surface area contributed by atoms with Crippen LogP contribution in [0.3, 0.4) is 0 Å². The lowest BCUT2D eigenvalue weighted by atomic mass is 10.1. The lowest BCUT2D eigenvalue weighted by molar-refractivity contribution is 0.746. The molecule has 6 heteroatoms. The third-order valence-electron chi connectivity index (χ3n) is 3.35. The fourth-order valence-corrected chi connectivity index (χ4v) is 2.33. The van der Waals surface area contributed by atoms with E-state index in [1.807, 2.05) is 48.3 Å². The number of rotatable bonds is 5. The maximum absolute atomic E-state index is 4.42. The summed E-state index contributed by atoms with van der Waals surface area (Å²) in [6, 6.07) is 10.0. The molecule has 21 heavy (non-hydrogen) atoms. The van der Waals surface area contributed by atoms with Gasteiger partial charge in [-0.15, -0.1) is 0 Å². The van der Waals surface area contributed by atoms with Crippen molar-refractivity contribution in [2.24, 2.45) is 7.05 Å². The van der Waals surface area contributed by atoms with Gasteiger partial charge in [0.1, 0.15) is 11.4 Å². The summed E-state index contributed by atoms with van der Waals surface area (Å²) in [6.45, 7) is 2.71. The highest BCUT2D eigenvalue weighted by Gasteiger charge is 2.11. The molecule has 0 radical (unpaired) electrons. The second-order valence-electron chi connectivity index (χ2n) is 4.86. The number of aromatic nitrogens is 5. The topological polar surface area (TPSA) is 71.4 Å². The lowest BCUT2D eigenvalue weighted by Crippen LogP contribution is -2.02. The maximum Gasteiger partial charge on any atom is 0.117 e. The fourth-order valence-electron chi connectivity index (χ4n) is 2.33. The van der Waals surface area contributed by atoms with E-state index in [4.69, 9.17) is 0 Å². The summed E-state index contributed by atoms with van der Waals surface area (Å²) in [7, 11) is 1.93. The summed E-state index contributed by atoms with van der Waals surface area (Å²) < 4.78 is 1.82. The first kappa shape index (κ1) is 13.4. The molecule has 3 rings (SSSR count). The molecule has 0 saturated heterocycles. The van der Waals surface area contributed by atoms with Gasteiger partial charge in [-0.1, -0.05) is 37.3 Å². The Morgan fingerprint density at radius 2 is 1.95 bits per heavy atom. The number of aryl methyl sites for hydroxylation is 2. The highest BCUT2D eigenvalue weighted by molar-refractivity contribution is 5.61. The molecule has 0 unspecified atom stereocenters. The summed E-state index contributed by atoms with van der Waals surface area (Å²) in [5.41, 5.74) is 4.94. The van der Waals surface area contributed by atoms with Gasteiger partial charge < -0.3 is 5.32 Å². The second kappa shape index (κ2) is 5.78. The van der Waals surface area contributed by atoms with E-state index >= 15 is 0 Å². The first-order chi connectivity index (χ1) is 10.3. The van der Waals surface area contributed by atoms with Gasteiger partial charge in [-0.25, -0.2) is 0 Å². The Morgan fingerprint density at radius 1 is 1.14 bits per heavy atom. The van der Waals surface area contributed by atoms with Crippen molar-refractivity contribution in [3.8, 4) is 11.3 Å². The molecule has 0 spiro atoms. The summed E-state index contributed by atoms with van der Waals surface area (Å²) >= 11 is 0. The third-order valence-corrected chi connectivity index (χ3v) is 3.35. The average Bonchev–Trinajstić information content (AvgIpc) is 3.12. The summed E-state index contributed by atoms with van der Waals surface area (Å²) in [4.78, 5) is 0. The van der Waals surface area contributed by atoms with E-state index in [-0.39, 0.29) is 0 Å². The molecule has 0 bridgehead atoms. The van der Waals surface area contributed by atoms with E-state index in [0.29, 0.717) is 6.54 Å². The zero-order chi connectivity index (χ0) is 14.7. The highest BCUT2D eigenvalue weighted by atomic mass is 15.3. The molecule has 0 aliphatic carbocycles. The predicted molar refractivity (Wildman–Crippen MR) is 81.7 cm³/mol. The van der Waals surface area contributed by atoms with Crippen LogP contribution in [0.25, 0.3) is 11.3 Å². The van der Waals surface area contributed by atoms with E-state index in [1.165, 1.54) is 0 Å². The van der Waals surface area contributed by atoms with Crippen LogP contribution in [0.4, 0.5) is 5.69 Å². The monoisotopic (exact) mass is 282 g/mol. The minimum absolute atomic E-state index is 0.611. The molecule has 3 aromatic rings. The van der Waals surface area contributed by atoms with Gasteiger partial charge in [0, 0.05) is 18.8 Å². The molecular weight excluding hydrogens is 264 g/mol. The number of hydrogen-bond donors (Lipinski definition) is 2. The Kier molecular flexibility index (Phi) is 3.68. The van der Waals surface area contributed by atoms with Gasteiger partial charge in [0.05, 0.1) is 17.9 Å². The van der Waals surface area contributed by atoms with Crippen LogP contribution in [0, 0.1) is 0 Å². The fraction of sp³-hybridized carbons (Fsp3) is 0.267. The number of hydrogen-bond acceptors (Lipinski definition) is 4. The van der Waals surface area contributed by atoms with Crippen LogP contribution in [-0.2, 0) is 20.0 Å². The molecule has 2 aromatic heterocycles. The molecule has 6 nitrogen and oxygen atoms in total. The van der Waals surface area contributed by atoms with Crippen LogP contribution < -0.4 is 5.32 Å². The number of H-pyrrole nitrogens is 1. The number of anilines is 1. The normalized spacial score (nSPS) is 10.8. The first-order valence-corrected chi connectivity index (χ1v) is 6.99. The molecule has 0 amide bonds.